The Morgan fingerprint density at radius 3 is 2.37 bits per heavy atom. The zero-order chi connectivity index (χ0) is 20.9. The van der Waals surface area contributed by atoms with Crippen LogP contribution in [0.25, 0.3) is 0 Å². The van der Waals surface area contributed by atoms with Crippen LogP contribution in [0.15, 0.2) is 67.0 Å². The number of carbonyl (C=O) groups is 1. The van der Waals surface area contributed by atoms with Gasteiger partial charge in [-0.05, 0) is 42.0 Å². The lowest BCUT2D eigenvalue weighted by molar-refractivity contribution is -0.128. The van der Waals surface area contributed by atoms with Crippen molar-refractivity contribution in [1.29, 1.82) is 0 Å². The number of methoxy groups -OCH3 is 2. The van der Waals surface area contributed by atoms with E-state index in [1.54, 1.807) is 38.4 Å². The highest BCUT2D eigenvalue weighted by molar-refractivity contribution is 8.00. The van der Waals surface area contributed by atoms with E-state index < -0.39 is 0 Å². The summed E-state index contributed by atoms with van der Waals surface area (Å²) in [5.74, 6) is 3.34. The highest BCUT2D eigenvalue weighted by atomic mass is 32.2. The maximum Gasteiger partial charge on any atom is 0.234 e. The van der Waals surface area contributed by atoms with E-state index in [2.05, 4.69) is 4.98 Å². The number of benzene rings is 2. The number of nitrogens with zero attached hydrogens (tertiary/aromatic N) is 2. The third-order valence-electron chi connectivity index (χ3n) is 4.83. The predicted molar refractivity (Wildman–Crippen MR) is 116 cm³/mol. The number of amides is 1. The first-order chi connectivity index (χ1) is 14.7. The number of pyridine rings is 1. The molecular weight excluding hydrogens is 400 g/mol. The van der Waals surface area contributed by atoms with Crippen molar-refractivity contribution in [1.82, 2.24) is 9.88 Å². The van der Waals surface area contributed by atoms with Crippen molar-refractivity contribution in [2.45, 2.75) is 11.9 Å². The van der Waals surface area contributed by atoms with E-state index in [0.29, 0.717) is 29.5 Å². The molecule has 0 saturated carbocycles. The SMILES string of the molecule is COc1cccc(OC)c1C1SCC(=O)N1Cc1ccc(Oc2cccnc2)cc1. The van der Waals surface area contributed by atoms with E-state index in [4.69, 9.17) is 14.2 Å². The van der Waals surface area contributed by atoms with Gasteiger partial charge in [0.15, 0.2) is 0 Å². The molecule has 4 rings (SSSR count). The van der Waals surface area contributed by atoms with Crippen molar-refractivity contribution in [2.75, 3.05) is 20.0 Å². The second kappa shape index (κ2) is 9.09. The van der Waals surface area contributed by atoms with E-state index >= 15 is 0 Å². The Kier molecular flexibility index (Phi) is 6.09. The van der Waals surface area contributed by atoms with Crippen LogP contribution in [0.5, 0.6) is 23.0 Å². The van der Waals surface area contributed by atoms with Crippen LogP contribution in [-0.2, 0) is 11.3 Å². The minimum atomic E-state index is -0.171. The Morgan fingerprint density at radius 2 is 1.73 bits per heavy atom. The first-order valence-electron chi connectivity index (χ1n) is 9.48. The van der Waals surface area contributed by atoms with Crippen LogP contribution >= 0.6 is 11.8 Å². The van der Waals surface area contributed by atoms with Gasteiger partial charge >= 0.3 is 0 Å². The molecule has 1 unspecified atom stereocenters. The summed E-state index contributed by atoms with van der Waals surface area (Å²) in [7, 11) is 3.26. The molecule has 1 atom stereocenters. The van der Waals surface area contributed by atoms with Gasteiger partial charge in [-0.3, -0.25) is 9.78 Å². The lowest BCUT2D eigenvalue weighted by atomic mass is 10.1. The second-order valence-corrected chi connectivity index (χ2v) is 7.76. The molecule has 0 spiro atoms. The molecular formula is C23H22N2O4S. The minimum absolute atomic E-state index is 0.0913. The van der Waals surface area contributed by atoms with Gasteiger partial charge in [0, 0.05) is 12.7 Å². The molecule has 1 aliphatic heterocycles. The fourth-order valence-electron chi connectivity index (χ4n) is 3.39. The van der Waals surface area contributed by atoms with Crippen LogP contribution in [0.4, 0.5) is 0 Å². The highest BCUT2D eigenvalue weighted by Crippen LogP contribution is 2.47. The summed E-state index contributed by atoms with van der Waals surface area (Å²) in [6, 6.07) is 17.1. The molecule has 0 bridgehead atoms. The van der Waals surface area contributed by atoms with Crippen LogP contribution in [0.3, 0.4) is 0 Å². The molecule has 0 N–H and O–H groups in total. The molecule has 1 saturated heterocycles. The number of hydrogen-bond donors (Lipinski definition) is 0. The van der Waals surface area contributed by atoms with Crippen LogP contribution < -0.4 is 14.2 Å². The summed E-state index contributed by atoms with van der Waals surface area (Å²) in [6.07, 6.45) is 3.37. The topological polar surface area (TPSA) is 60.9 Å². The van der Waals surface area contributed by atoms with Crippen molar-refractivity contribution < 1.29 is 19.0 Å². The first kappa shape index (κ1) is 20.1. The number of thioether (sulfide) groups is 1. The minimum Gasteiger partial charge on any atom is -0.496 e. The van der Waals surface area contributed by atoms with Crippen LogP contribution in [0, 0.1) is 0 Å². The van der Waals surface area contributed by atoms with E-state index in [1.807, 2.05) is 59.5 Å². The number of carbonyl (C=O) groups excluding carboxylic acids is 1. The van der Waals surface area contributed by atoms with E-state index in [-0.39, 0.29) is 11.3 Å². The molecule has 1 aromatic heterocycles. The third kappa shape index (κ3) is 4.21. The molecule has 2 heterocycles. The summed E-state index contributed by atoms with van der Waals surface area (Å²) in [4.78, 5) is 18.6. The normalized spacial score (nSPS) is 15.9. The maximum atomic E-state index is 12.7. The molecule has 0 radical (unpaired) electrons. The molecule has 3 aromatic rings. The molecule has 6 nitrogen and oxygen atoms in total. The van der Waals surface area contributed by atoms with Gasteiger partial charge in [-0.2, -0.15) is 0 Å². The Labute approximate surface area is 179 Å². The summed E-state index contributed by atoms with van der Waals surface area (Å²) in [6.45, 7) is 0.491. The first-order valence-corrected chi connectivity index (χ1v) is 10.5. The average molecular weight is 423 g/mol. The van der Waals surface area contributed by atoms with Crippen molar-refractivity contribution in [3.05, 3.63) is 78.1 Å². The van der Waals surface area contributed by atoms with Gasteiger partial charge in [0.25, 0.3) is 0 Å². The molecule has 2 aromatic carbocycles. The molecule has 1 amide bonds. The zero-order valence-corrected chi connectivity index (χ0v) is 17.6. The smallest absolute Gasteiger partial charge is 0.234 e. The number of ether oxygens (including phenoxy) is 3. The highest BCUT2D eigenvalue weighted by Gasteiger charge is 2.36. The summed E-state index contributed by atoms with van der Waals surface area (Å²) < 4.78 is 16.9. The lowest BCUT2D eigenvalue weighted by Crippen LogP contribution is -2.28. The predicted octanol–water partition coefficient (Wildman–Crippen LogP) is 4.67. The van der Waals surface area contributed by atoms with Crippen LogP contribution in [-0.4, -0.2) is 35.8 Å². The van der Waals surface area contributed by atoms with E-state index in [1.165, 1.54) is 0 Å². The molecule has 1 aliphatic rings. The molecule has 154 valence electrons. The van der Waals surface area contributed by atoms with Gasteiger partial charge in [-0.1, -0.05) is 18.2 Å². The Balaban J connectivity index is 1.54. The second-order valence-electron chi connectivity index (χ2n) is 6.70. The Morgan fingerprint density at radius 1 is 1.00 bits per heavy atom. The van der Waals surface area contributed by atoms with Crippen molar-refractivity contribution in [3.8, 4) is 23.0 Å². The fourth-order valence-corrected chi connectivity index (χ4v) is 4.63. The van der Waals surface area contributed by atoms with Crippen molar-refractivity contribution >= 4 is 17.7 Å². The maximum absolute atomic E-state index is 12.7. The lowest BCUT2D eigenvalue weighted by Gasteiger charge is -2.27. The quantitative estimate of drug-likeness (QED) is 0.552. The van der Waals surface area contributed by atoms with E-state index in [0.717, 1.165) is 16.9 Å². The number of rotatable bonds is 7. The Bertz CT molecular complexity index is 989. The van der Waals surface area contributed by atoms with Gasteiger partial charge in [0.2, 0.25) is 5.91 Å². The zero-order valence-electron chi connectivity index (χ0n) is 16.8. The summed E-state index contributed by atoms with van der Waals surface area (Å²) in [5, 5.41) is -0.171. The van der Waals surface area contributed by atoms with Crippen LogP contribution in [0.1, 0.15) is 16.5 Å². The van der Waals surface area contributed by atoms with Gasteiger partial charge < -0.3 is 19.1 Å². The number of hydrogen-bond acceptors (Lipinski definition) is 6. The van der Waals surface area contributed by atoms with Crippen LogP contribution in [0.2, 0.25) is 0 Å². The third-order valence-corrected chi connectivity index (χ3v) is 6.05. The van der Waals surface area contributed by atoms with Crippen molar-refractivity contribution in [3.63, 3.8) is 0 Å². The van der Waals surface area contributed by atoms with E-state index in [9.17, 15) is 4.79 Å². The largest absolute Gasteiger partial charge is 0.496 e. The van der Waals surface area contributed by atoms with Crippen molar-refractivity contribution in [2.24, 2.45) is 0 Å². The average Bonchev–Trinajstić information content (AvgIpc) is 3.14. The standard InChI is InChI=1S/C23H22N2O4S/c1-27-19-6-3-7-20(28-2)22(19)23-25(21(26)15-30-23)14-16-8-10-17(11-9-16)29-18-5-4-12-24-13-18/h3-13,23H,14-15H2,1-2H3. The molecule has 1 fully saturated rings. The van der Waals surface area contributed by atoms with Gasteiger partial charge in [-0.15, -0.1) is 11.8 Å². The van der Waals surface area contributed by atoms with Gasteiger partial charge in [0.1, 0.15) is 28.4 Å². The monoisotopic (exact) mass is 422 g/mol. The molecule has 30 heavy (non-hydrogen) atoms. The fraction of sp³-hybridized carbons (Fsp3) is 0.217. The van der Waals surface area contributed by atoms with Gasteiger partial charge in [0.05, 0.1) is 31.7 Å². The molecule has 7 heteroatoms. The van der Waals surface area contributed by atoms with Gasteiger partial charge in [-0.25, -0.2) is 0 Å². The number of aromatic nitrogens is 1. The Hall–Kier alpha value is -3.19. The summed E-state index contributed by atoms with van der Waals surface area (Å²) in [5.41, 5.74) is 1.90. The summed E-state index contributed by atoms with van der Waals surface area (Å²) >= 11 is 1.58. The molecule has 0 aliphatic carbocycles.